The zero-order valence-corrected chi connectivity index (χ0v) is 13.8. The van der Waals surface area contributed by atoms with Gasteiger partial charge in [-0.25, -0.2) is 0 Å². The van der Waals surface area contributed by atoms with Crippen molar-refractivity contribution in [2.24, 2.45) is 4.99 Å². The van der Waals surface area contributed by atoms with Gasteiger partial charge in [0.2, 0.25) is 0 Å². The van der Waals surface area contributed by atoms with Gasteiger partial charge in [0.25, 0.3) is 0 Å². The fraction of sp³-hybridized carbons (Fsp3) is 0.750. The van der Waals surface area contributed by atoms with Crippen LogP contribution >= 0.6 is 24.0 Å². The third-order valence-corrected chi connectivity index (χ3v) is 1.80. The normalized spacial score (nSPS) is 11.6. The van der Waals surface area contributed by atoms with Gasteiger partial charge >= 0.3 is 0 Å². The molecule has 0 atom stereocenters. The zero-order valence-electron chi connectivity index (χ0n) is 11.5. The Morgan fingerprint density at radius 1 is 1.29 bits per heavy atom. The van der Waals surface area contributed by atoms with Crippen LogP contribution in [0.5, 0.6) is 0 Å². The summed E-state index contributed by atoms with van der Waals surface area (Å²) in [5.41, 5.74) is 0.155. The molecule has 0 aromatic carbocycles. The zero-order chi connectivity index (χ0) is 12.4. The maximum absolute atomic E-state index is 4.44. The second kappa shape index (κ2) is 10.8. The molecule has 0 aromatic rings. The molecule has 3 N–H and O–H groups in total. The van der Waals surface area contributed by atoms with Crippen LogP contribution in [0.15, 0.2) is 17.6 Å². The summed E-state index contributed by atoms with van der Waals surface area (Å²) in [7, 11) is 0. The summed E-state index contributed by atoms with van der Waals surface area (Å²) in [4.78, 5) is 4.44. The molecular formula is C12H27IN4. The van der Waals surface area contributed by atoms with Crippen LogP contribution in [-0.4, -0.2) is 37.7 Å². The molecule has 102 valence electrons. The summed E-state index contributed by atoms with van der Waals surface area (Å²) < 4.78 is 0. The largest absolute Gasteiger partial charge is 0.357 e. The molecule has 0 amide bonds. The molecular weight excluding hydrogens is 327 g/mol. The smallest absolute Gasteiger partial charge is 0.191 e. The monoisotopic (exact) mass is 354 g/mol. The number of guanidine groups is 1. The van der Waals surface area contributed by atoms with E-state index in [1.54, 1.807) is 0 Å². The van der Waals surface area contributed by atoms with Crippen molar-refractivity contribution < 1.29 is 0 Å². The van der Waals surface area contributed by atoms with E-state index >= 15 is 0 Å². The van der Waals surface area contributed by atoms with Gasteiger partial charge in [-0.15, -0.1) is 30.6 Å². The second-order valence-electron chi connectivity index (χ2n) is 4.61. The van der Waals surface area contributed by atoms with E-state index in [-0.39, 0.29) is 29.5 Å². The molecule has 0 spiro atoms. The molecule has 4 nitrogen and oxygen atoms in total. The van der Waals surface area contributed by atoms with Crippen LogP contribution in [0.25, 0.3) is 0 Å². The predicted molar refractivity (Wildman–Crippen MR) is 87.3 cm³/mol. The number of aliphatic imine (C=N–C) groups is 1. The van der Waals surface area contributed by atoms with Gasteiger partial charge < -0.3 is 16.0 Å². The molecule has 0 unspecified atom stereocenters. The maximum atomic E-state index is 4.44. The molecule has 0 aliphatic heterocycles. The average molecular weight is 354 g/mol. The molecule has 0 heterocycles. The molecule has 0 bridgehead atoms. The van der Waals surface area contributed by atoms with Gasteiger partial charge in [0.05, 0.1) is 6.54 Å². The number of nitrogens with one attached hydrogen (secondary N) is 3. The molecule has 0 aliphatic carbocycles. The van der Waals surface area contributed by atoms with Crippen LogP contribution in [0.4, 0.5) is 0 Å². The van der Waals surface area contributed by atoms with Crippen molar-refractivity contribution in [3.63, 3.8) is 0 Å². The van der Waals surface area contributed by atoms with Crippen LogP contribution in [-0.2, 0) is 0 Å². The summed E-state index contributed by atoms with van der Waals surface area (Å²) in [6, 6.07) is 0. The van der Waals surface area contributed by atoms with Gasteiger partial charge in [0, 0.05) is 25.2 Å². The van der Waals surface area contributed by atoms with Gasteiger partial charge in [0.15, 0.2) is 5.96 Å². The molecule has 0 fully saturated rings. The molecule has 0 aromatic heterocycles. The fourth-order valence-electron chi connectivity index (χ4n) is 1.11. The van der Waals surface area contributed by atoms with Crippen molar-refractivity contribution in [2.75, 3.05) is 26.2 Å². The van der Waals surface area contributed by atoms with E-state index in [2.05, 4.69) is 55.2 Å². The third kappa shape index (κ3) is 13.6. The van der Waals surface area contributed by atoms with Gasteiger partial charge in [-0.05, 0) is 27.7 Å². The first-order valence-electron chi connectivity index (χ1n) is 5.87. The second-order valence-corrected chi connectivity index (χ2v) is 4.61. The maximum Gasteiger partial charge on any atom is 0.191 e. The third-order valence-electron chi connectivity index (χ3n) is 1.80. The number of halogens is 1. The Morgan fingerprint density at radius 2 is 1.94 bits per heavy atom. The molecule has 0 radical (unpaired) electrons. The standard InChI is InChI=1S/C12H26N4.HI/c1-6-8-14-11(13-7-2)15-9-10-16-12(3,4)5;/h6,16H,1,7-10H2,2-5H3,(H2,13,14,15);1H. The predicted octanol–water partition coefficient (Wildman–Crippen LogP) is 1.73. The summed E-state index contributed by atoms with van der Waals surface area (Å²) >= 11 is 0. The van der Waals surface area contributed by atoms with Crippen LogP contribution < -0.4 is 16.0 Å². The lowest BCUT2D eigenvalue weighted by Crippen LogP contribution is -2.40. The van der Waals surface area contributed by atoms with E-state index < -0.39 is 0 Å². The fourth-order valence-corrected chi connectivity index (χ4v) is 1.11. The average Bonchev–Trinajstić information content (AvgIpc) is 2.19. The van der Waals surface area contributed by atoms with E-state index in [4.69, 9.17) is 0 Å². The van der Waals surface area contributed by atoms with Gasteiger partial charge in [-0.2, -0.15) is 0 Å². The summed E-state index contributed by atoms with van der Waals surface area (Å²) in [5, 5.41) is 9.73. The minimum Gasteiger partial charge on any atom is -0.357 e. The van der Waals surface area contributed by atoms with E-state index in [1.165, 1.54) is 0 Å². The van der Waals surface area contributed by atoms with Gasteiger partial charge in [-0.1, -0.05) is 6.08 Å². The highest BCUT2D eigenvalue weighted by atomic mass is 127. The Bertz CT molecular complexity index is 221. The van der Waals surface area contributed by atoms with Crippen molar-refractivity contribution >= 4 is 29.9 Å². The first kappa shape index (κ1) is 19.0. The molecule has 17 heavy (non-hydrogen) atoms. The lowest BCUT2D eigenvalue weighted by Gasteiger charge is -2.19. The Labute approximate surface area is 123 Å². The van der Waals surface area contributed by atoms with Crippen molar-refractivity contribution in [3.05, 3.63) is 12.7 Å². The molecule has 5 heteroatoms. The number of rotatable bonds is 6. The number of hydrogen-bond donors (Lipinski definition) is 3. The van der Waals surface area contributed by atoms with Crippen molar-refractivity contribution in [3.8, 4) is 0 Å². The SMILES string of the molecule is C=CCNC(=NCCNC(C)(C)C)NCC.I. The first-order chi connectivity index (χ1) is 7.49. The van der Waals surface area contributed by atoms with E-state index in [0.29, 0.717) is 0 Å². The summed E-state index contributed by atoms with van der Waals surface area (Å²) in [5.74, 6) is 0.845. The van der Waals surface area contributed by atoms with E-state index in [9.17, 15) is 0 Å². The Kier molecular flexibility index (Phi) is 12.1. The van der Waals surface area contributed by atoms with Crippen molar-refractivity contribution in [2.45, 2.75) is 33.2 Å². The summed E-state index contributed by atoms with van der Waals surface area (Å²) in [6.45, 7) is 15.4. The van der Waals surface area contributed by atoms with Crippen molar-refractivity contribution in [1.29, 1.82) is 0 Å². The minimum absolute atomic E-state index is 0. The minimum atomic E-state index is 0. The molecule has 0 rings (SSSR count). The quantitative estimate of drug-likeness (QED) is 0.224. The van der Waals surface area contributed by atoms with Gasteiger partial charge in [0.1, 0.15) is 0 Å². The Hall–Kier alpha value is -0.300. The number of nitrogens with zero attached hydrogens (tertiary/aromatic N) is 1. The Balaban J connectivity index is 0. The van der Waals surface area contributed by atoms with Crippen LogP contribution in [0.3, 0.4) is 0 Å². The van der Waals surface area contributed by atoms with Crippen LogP contribution in [0.1, 0.15) is 27.7 Å². The highest BCUT2D eigenvalue weighted by molar-refractivity contribution is 14.0. The van der Waals surface area contributed by atoms with Crippen LogP contribution in [0, 0.1) is 0 Å². The highest BCUT2D eigenvalue weighted by Crippen LogP contribution is 1.96. The van der Waals surface area contributed by atoms with E-state index in [0.717, 1.165) is 32.1 Å². The Morgan fingerprint density at radius 3 is 2.41 bits per heavy atom. The lowest BCUT2D eigenvalue weighted by molar-refractivity contribution is 0.432. The topological polar surface area (TPSA) is 48.5 Å². The van der Waals surface area contributed by atoms with Gasteiger partial charge in [-0.3, -0.25) is 4.99 Å². The lowest BCUT2D eigenvalue weighted by atomic mass is 10.1. The molecule has 0 saturated heterocycles. The first-order valence-corrected chi connectivity index (χ1v) is 5.87. The number of hydrogen-bond acceptors (Lipinski definition) is 2. The van der Waals surface area contributed by atoms with E-state index in [1.807, 2.05) is 6.08 Å². The molecule has 0 saturated carbocycles. The van der Waals surface area contributed by atoms with Crippen molar-refractivity contribution in [1.82, 2.24) is 16.0 Å². The highest BCUT2D eigenvalue weighted by Gasteiger charge is 2.06. The summed E-state index contributed by atoms with van der Waals surface area (Å²) in [6.07, 6.45) is 1.82. The molecule has 0 aliphatic rings. The van der Waals surface area contributed by atoms with Crippen LogP contribution in [0.2, 0.25) is 0 Å².